The summed E-state index contributed by atoms with van der Waals surface area (Å²) in [5.74, 6) is 0.801. The summed E-state index contributed by atoms with van der Waals surface area (Å²) in [6, 6.07) is 77.3. The van der Waals surface area contributed by atoms with Gasteiger partial charge in [-0.05, 0) is 122 Å². The standard InChI is InChI=1S/C68H56N4O/c1-67(2,3)51-33-34-61(56(41-51)47-21-12-8-13-22-47)72-62-28-18-26-54(65(62)70-66(72)58-42-57-55-25-16-17-27-60(55)71(63(57)43-64(58)73)53-23-14-9-15-24-53)49-37-50(39-52(38-49)68(4,5)6)59-40-48(35-36-69-59)46-31-29-45(30-32-46)44-19-10-7-11-20-44/h7-43,73H,1-6H3. The molecular weight excluding hydrogens is 889 g/mol. The molecule has 5 nitrogen and oxygen atoms in total. The van der Waals surface area contributed by atoms with E-state index in [1.165, 1.54) is 22.3 Å². The number of hydrogen-bond acceptors (Lipinski definition) is 3. The summed E-state index contributed by atoms with van der Waals surface area (Å²) in [6.07, 6.45) is 1.92. The second-order valence-electron chi connectivity index (χ2n) is 21.3. The van der Waals surface area contributed by atoms with Crippen LogP contribution in [0.4, 0.5) is 0 Å². The molecule has 0 aliphatic carbocycles. The average Bonchev–Trinajstić information content (AvgIpc) is 3.96. The number of phenolic OH excluding ortho intramolecular Hbond substituents is 1. The van der Waals surface area contributed by atoms with Crippen molar-refractivity contribution in [3.63, 3.8) is 0 Å². The molecule has 0 radical (unpaired) electrons. The van der Waals surface area contributed by atoms with Gasteiger partial charge < -0.3 is 9.67 Å². The van der Waals surface area contributed by atoms with Crippen LogP contribution in [0, 0.1) is 0 Å². The third kappa shape index (κ3) is 8.27. The molecule has 0 saturated heterocycles. The van der Waals surface area contributed by atoms with Crippen LogP contribution in [0.5, 0.6) is 5.75 Å². The Morgan fingerprint density at radius 1 is 0.384 bits per heavy atom. The van der Waals surface area contributed by atoms with Crippen LogP contribution in [0.1, 0.15) is 52.7 Å². The molecule has 5 heteroatoms. The number of aromatic nitrogens is 4. The van der Waals surface area contributed by atoms with Gasteiger partial charge in [0, 0.05) is 45.4 Å². The van der Waals surface area contributed by atoms with E-state index in [0.29, 0.717) is 11.4 Å². The molecule has 0 aliphatic rings. The summed E-state index contributed by atoms with van der Waals surface area (Å²) < 4.78 is 4.51. The van der Waals surface area contributed by atoms with Gasteiger partial charge in [-0.2, -0.15) is 0 Å². The van der Waals surface area contributed by atoms with E-state index < -0.39 is 0 Å². The number of imidazole rings is 1. The van der Waals surface area contributed by atoms with Gasteiger partial charge >= 0.3 is 0 Å². The molecule has 0 fully saturated rings. The summed E-state index contributed by atoms with van der Waals surface area (Å²) >= 11 is 0. The van der Waals surface area contributed by atoms with E-state index in [1.807, 2.05) is 18.3 Å². The maximum Gasteiger partial charge on any atom is 0.149 e. The van der Waals surface area contributed by atoms with Gasteiger partial charge in [0.15, 0.2) is 0 Å². The van der Waals surface area contributed by atoms with E-state index in [1.54, 1.807) is 0 Å². The Morgan fingerprint density at radius 2 is 1.00 bits per heavy atom. The molecule has 3 heterocycles. The summed E-state index contributed by atoms with van der Waals surface area (Å²) in [7, 11) is 0. The summed E-state index contributed by atoms with van der Waals surface area (Å²) in [6.45, 7) is 13.6. The van der Waals surface area contributed by atoms with Crippen LogP contribution in [0.3, 0.4) is 0 Å². The van der Waals surface area contributed by atoms with Gasteiger partial charge in [0.2, 0.25) is 0 Å². The Morgan fingerprint density at radius 3 is 1.71 bits per heavy atom. The Hall–Kier alpha value is -8.80. The van der Waals surface area contributed by atoms with E-state index in [-0.39, 0.29) is 16.6 Å². The number of benzene rings is 9. The molecule has 0 saturated carbocycles. The van der Waals surface area contributed by atoms with E-state index in [0.717, 1.165) is 88.9 Å². The Kier molecular flexibility index (Phi) is 11.1. The van der Waals surface area contributed by atoms with Crippen LogP contribution < -0.4 is 0 Å². The predicted molar refractivity (Wildman–Crippen MR) is 305 cm³/mol. The number of nitrogens with zero attached hydrogens (tertiary/aromatic N) is 4. The Balaban J connectivity index is 1.09. The molecule has 73 heavy (non-hydrogen) atoms. The van der Waals surface area contributed by atoms with Gasteiger partial charge in [-0.3, -0.25) is 9.55 Å². The van der Waals surface area contributed by atoms with Crippen molar-refractivity contribution in [2.75, 3.05) is 0 Å². The van der Waals surface area contributed by atoms with Crippen molar-refractivity contribution >= 4 is 32.8 Å². The zero-order valence-corrected chi connectivity index (χ0v) is 42.1. The monoisotopic (exact) mass is 944 g/mol. The number of phenols is 1. The molecule has 3 aromatic heterocycles. The maximum absolute atomic E-state index is 12.6. The van der Waals surface area contributed by atoms with Crippen molar-refractivity contribution in [2.45, 2.75) is 52.4 Å². The second kappa shape index (κ2) is 17.8. The lowest BCUT2D eigenvalue weighted by Crippen LogP contribution is -2.12. The highest BCUT2D eigenvalue weighted by Gasteiger charge is 2.26. The van der Waals surface area contributed by atoms with Crippen molar-refractivity contribution in [1.82, 2.24) is 19.1 Å². The van der Waals surface area contributed by atoms with Crippen LogP contribution in [0.2, 0.25) is 0 Å². The number of hydrogen-bond donors (Lipinski definition) is 1. The van der Waals surface area contributed by atoms with E-state index in [2.05, 4.69) is 257 Å². The van der Waals surface area contributed by atoms with E-state index in [9.17, 15) is 5.11 Å². The molecule has 12 aromatic rings. The van der Waals surface area contributed by atoms with Crippen LogP contribution in [0.25, 0.3) is 111 Å². The van der Waals surface area contributed by atoms with Crippen molar-refractivity contribution in [3.05, 3.63) is 236 Å². The lowest BCUT2D eigenvalue weighted by Gasteiger charge is -2.23. The van der Waals surface area contributed by atoms with E-state index in [4.69, 9.17) is 9.97 Å². The number of pyridine rings is 1. The summed E-state index contributed by atoms with van der Waals surface area (Å²) in [5.41, 5.74) is 19.3. The third-order valence-corrected chi connectivity index (χ3v) is 14.4. The number of aromatic hydroxyl groups is 1. The topological polar surface area (TPSA) is 55.9 Å². The first kappa shape index (κ1) is 45.3. The highest BCUT2D eigenvalue weighted by Crippen LogP contribution is 2.45. The third-order valence-electron chi connectivity index (χ3n) is 14.4. The molecule has 0 unspecified atom stereocenters. The van der Waals surface area contributed by atoms with Gasteiger partial charge in [0.25, 0.3) is 0 Å². The molecule has 0 aliphatic heterocycles. The minimum Gasteiger partial charge on any atom is -0.507 e. The van der Waals surface area contributed by atoms with Crippen molar-refractivity contribution in [3.8, 4) is 84.3 Å². The van der Waals surface area contributed by atoms with Crippen molar-refractivity contribution in [2.24, 2.45) is 0 Å². The van der Waals surface area contributed by atoms with Gasteiger partial charge in [-0.25, -0.2) is 4.98 Å². The molecular formula is C68H56N4O. The highest BCUT2D eigenvalue weighted by atomic mass is 16.3. The number of rotatable bonds is 8. The normalized spacial score (nSPS) is 12.0. The molecule has 0 amide bonds. The van der Waals surface area contributed by atoms with E-state index >= 15 is 0 Å². The average molecular weight is 945 g/mol. The van der Waals surface area contributed by atoms with Gasteiger partial charge in [0.05, 0.1) is 39.0 Å². The maximum atomic E-state index is 12.6. The second-order valence-corrected chi connectivity index (χ2v) is 21.3. The summed E-state index contributed by atoms with van der Waals surface area (Å²) in [4.78, 5) is 10.7. The minimum absolute atomic E-state index is 0.0948. The van der Waals surface area contributed by atoms with Crippen LogP contribution >= 0.6 is 0 Å². The fourth-order valence-electron chi connectivity index (χ4n) is 10.5. The lowest BCUT2D eigenvalue weighted by atomic mass is 9.83. The molecule has 354 valence electrons. The first-order valence-corrected chi connectivity index (χ1v) is 25.2. The predicted octanol–water partition coefficient (Wildman–Crippen LogP) is 17.8. The molecule has 0 spiro atoms. The van der Waals surface area contributed by atoms with Crippen LogP contribution in [-0.4, -0.2) is 24.2 Å². The smallest absolute Gasteiger partial charge is 0.149 e. The first-order chi connectivity index (χ1) is 35.4. The highest BCUT2D eigenvalue weighted by molar-refractivity contribution is 6.11. The fraction of sp³-hybridized carbons (Fsp3) is 0.118. The summed E-state index contributed by atoms with van der Waals surface area (Å²) in [5, 5.41) is 14.7. The Labute approximate surface area is 427 Å². The SMILES string of the molecule is CC(C)(C)c1cc(-c2cc(-c3ccc(-c4ccccc4)cc3)ccn2)cc(-c2cccc3c2nc(-c2cc4c5ccccc5n(-c5ccccc5)c4cc2O)n3-c2ccc(C(C)(C)C)cc2-c2ccccc2)c1. The van der Waals surface area contributed by atoms with Crippen molar-refractivity contribution in [1.29, 1.82) is 0 Å². The first-order valence-electron chi connectivity index (χ1n) is 25.2. The fourth-order valence-corrected chi connectivity index (χ4v) is 10.5. The minimum atomic E-state index is -0.173. The molecule has 12 rings (SSSR count). The molecule has 9 aromatic carbocycles. The molecule has 1 N–H and O–H groups in total. The number of fused-ring (bicyclic) bond motifs is 4. The largest absolute Gasteiger partial charge is 0.507 e. The molecule has 0 atom stereocenters. The van der Waals surface area contributed by atoms with Gasteiger partial charge in [-0.15, -0.1) is 0 Å². The Bertz CT molecular complexity index is 4020. The van der Waals surface area contributed by atoms with Gasteiger partial charge in [0.1, 0.15) is 11.6 Å². The van der Waals surface area contributed by atoms with Crippen molar-refractivity contribution < 1.29 is 5.11 Å². The number of para-hydroxylation sites is 3. The van der Waals surface area contributed by atoms with Gasteiger partial charge in [-0.1, -0.05) is 187 Å². The zero-order valence-electron chi connectivity index (χ0n) is 42.1. The zero-order chi connectivity index (χ0) is 50.0. The quantitative estimate of drug-likeness (QED) is 0.165. The van der Waals surface area contributed by atoms with Crippen LogP contribution in [0.15, 0.2) is 225 Å². The molecule has 0 bridgehead atoms. The van der Waals surface area contributed by atoms with Crippen LogP contribution in [-0.2, 0) is 10.8 Å². The lowest BCUT2D eigenvalue weighted by molar-refractivity contribution is 0.477.